The van der Waals surface area contributed by atoms with Crippen molar-refractivity contribution in [2.75, 3.05) is 4.90 Å². The Balaban J connectivity index is 1.19. The lowest BCUT2D eigenvalue weighted by atomic mass is 9.97. The molecule has 0 amide bonds. The second-order valence-electron chi connectivity index (χ2n) is 12.5. The summed E-state index contributed by atoms with van der Waals surface area (Å²) >= 11 is 0. The zero-order valence-electron chi connectivity index (χ0n) is 26.8. The van der Waals surface area contributed by atoms with Gasteiger partial charge in [-0.3, -0.25) is 0 Å². The Labute approximate surface area is 280 Å². The van der Waals surface area contributed by atoms with Crippen LogP contribution in [0.3, 0.4) is 0 Å². The summed E-state index contributed by atoms with van der Waals surface area (Å²) in [6, 6.07) is 64.1. The van der Waals surface area contributed by atoms with Crippen LogP contribution in [0.15, 0.2) is 176 Å². The zero-order valence-corrected chi connectivity index (χ0v) is 26.8. The van der Waals surface area contributed by atoms with E-state index in [2.05, 4.69) is 192 Å². The molecule has 9 aromatic rings. The molecule has 0 bridgehead atoms. The first-order valence-electron chi connectivity index (χ1n) is 16.7. The van der Waals surface area contributed by atoms with Crippen molar-refractivity contribution >= 4 is 60.4 Å². The smallest absolute Gasteiger partial charge is 0.0540 e. The van der Waals surface area contributed by atoms with Crippen molar-refractivity contribution < 1.29 is 0 Å². The lowest BCUT2D eigenvalue weighted by Gasteiger charge is -2.28. The SMILES string of the molecule is CCn1c2ccccc2c2cc(-c3cccc(-c4cccc(N(c5cccc6ccccc56)c5cccc6ccccc56)c4)c3)ccc21. The third-order valence-corrected chi connectivity index (χ3v) is 9.74. The summed E-state index contributed by atoms with van der Waals surface area (Å²) in [5, 5.41) is 7.51. The molecule has 0 spiro atoms. The molecule has 2 heteroatoms. The Hall–Kier alpha value is -6.12. The van der Waals surface area contributed by atoms with Crippen LogP contribution < -0.4 is 4.90 Å². The Kier molecular flexibility index (Phi) is 6.80. The highest BCUT2D eigenvalue weighted by molar-refractivity contribution is 6.09. The van der Waals surface area contributed by atoms with Gasteiger partial charge in [0, 0.05) is 44.8 Å². The quantitative estimate of drug-likeness (QED) is 0.181. The number of hydrogen-bond donors (Lipinski definition) is 0. The minimum absolute atomic E-state index is 0.948. The number of para-hydroxylation sites is 1. The number of rotatable bonds is 6. The molecular formula is C46H34N2. The van der Waals surface area contributed by atoms with E-state index < -0.39 is 0 Å². The molecule has 0 aliphatic rings. The van der Waals surface area contributed by atoms with E-state index in [0.717, 1.165) is 23.6 Å². The van der Waals surface area contributed by atoms with Crippen LogP contribution in [0, 0.1) is 0 Å². The lowest BCUT2D eigenvalue weighted by Crippen LogP contribution is -2.11. The first-order valence-corrected chi connectivity index (χ1v) is 16.7. The monoisotopic (exact) mass is 614 g/mol. The van der Waals surface area contributed by atoms with E-state index >= 15 is 0 Å². The average Bonchev–Trinajstić information content (AvgIpc) is 3.48. The topological polar surface area (TPSA) is 8.17 Å². The Morgan fingerprint density at radius 2 is 0.896 bits per heavy atom. The molecular weight excluding hydrogens is 581 g/mol. The van der Waals surface area contributed by atoms with Gasteiger partial charge in [0.05, 0.1) is 11.4 Å². The van der Waals surface area contributed by atoms with E-state index in [1.54, 1.807) is 0 Å². The number of fused-ring (bicyclic) bond motifs is 5. The molecule has 1 aromatic heterocycles. The molecule has 1 heterocycles. The van der Waals surface area contributed by atoms with Crippen LogP contribution in [-0.2, 0) is 6.54 Å². The molecule has 9 rings (SSSR count). The fraction of sp³-hybridized carbons (Fsp3) is 0.0435. The van der Waals surface area contributed by atoms with Crippen LogP contribution in [-0.4, -0.2) is 4.57 Å². The molecule has 0 saturated carbocycles. The van der Waals surface area contributed by atoms with Crippen molar-refractivity contribution in [1.29, 1.82) is 0 Å². The molecule has 0 saturated heterocycles. The molecule has 228 valence electrons. The van der Waals surface area contributed by atoms with Crippen LogP contribution in [0.25, 0.3) is 65.6 Å². The molecule has 0 N–H and O–H groups in total. The zero-order chi connectivity index (χ0) is 32.0. The highest BCUT2D eigenvalue weighted by atomic mass is 15.1. The van der Waals surface area contributed by atoms with Crippen LogP contribution >= 0.6 is 0 Å². The van der Waals surface area contributed by atoms with Crippen molar-refractivity contribution in [3.63, 3.8) is 0 Å². The normalized spacial score (nSPS) is 11.5. The number of aryl methyl sites for hydroxylation is 1. The number of nitrogens with zero attached hydrogens (tertiary/aromatic N) is 2. The molecule has 8 aromatic carbocycles. The summed E-state index contributed by atoms with van der Waals surface area (Å²) in [6.45, 7) is 3.17. The second kappa shape index (κ2) is 11.6. The van der Waals surface area contributed by atoms with Gasteiger partial charge in [-0.25, -0.2) is 0 Å². The number of hydrogen-bond acceptors (Lipinski definition) is 1. The fourth-order valence-electron chi connectivity index (χ4n) is 7.49. The van der Waals surface area contributed by atoms with Gasteiger partial charge in [-0.1, -0.05) is 127 Å². The molecule has 0 aliphatic heterocycles. The maximum Gasteiger partial charge on any atom is 0.0540 e. The van der Waals surface area contributed by atoms with Gasteiger partial charge in [0.25, 0.3) is 0 Å². The summed E-state index contributed by atoms with van der Waals surface area (Å²) in [7, 11) is 0. The van der Waals surface area contributed by atoms with E-state index in [4.69, 9.17) is 0 Å². The van der Waals surface area contributed by atoms with Gasteiger partial charge in [0.2, 0.25) is 0 Å². The number of anilines is 3. The van der Waals surface area contributed by atoms with Gasteiger partial charge in [-0.2, -0.15) is 0 Å². The first kappa shape index (κ1) is 28.1. The van der Waals surface area contributed by atoms with Crippen LogP contribution in [0.5, 0.6) is 0 Å². The van der Waals surface area contributed by atoms with Gasteiger partial charge >= 0.3 is 0 Å². The van der Waals surface area contributed by atoms with Crippen molar-refractivity contribution in [3.8, 4) is 22.3 Å². The summed E-state index contributed by atoms with van der Waals surface area (Å²) < 4.78 is 2.41. The molecule has 0 aliphatic carbocycles. The van der Waals surface area contributed by atoms with Crippen LogP contribution in [0.4, 0.5) is 17.1 Å². The van der Waals surface area contributed by atoms with E-state index in [1.165, 1.54) is 65.6 Å². The Morgan fingerprint density at radius 3 is 1.56 bits per heavy atom. The number of benzene rings is 8. The maximum absolute atomic E-state index is 2.43. The van der Waals surface area contributed by atoms with E-state index in [0.29, 0.717) is 0 Å². The Morgan fingerprint density at radius 1 is 0.396 bits per heavy atom. The highest BCUT2D eigenvalue weighted by Crippen LogP contribution is 2.43. The standard InChI is InChI=1S/C46H34N2/c1-2-47-43-24-8-7-23-41(43)42-31-37(27-28-44(42)47)35-18-9-17-34(29-35)36-19-10-20-38(30-36)48(45-25-11-15-32-13-3-5-21-39(32)45)46-26-12-16-33-14-4-6-22-40(33)46/h3-31H,2H2,1H3. The van der Waals surface area contributed by atoms with E-state index in [-0.39, 0.29) is 0 Å². The lowest BCUT2D eigenvalue weighted by molar-refractivity contribution is 0.827. The van der Waals surface area contributed by atoms with Gasteiger partial charge in [-0.15, -0.1) is 0 Å². The third-order valence-electron chi connectivity index (χ3n) is 9.74. The largest absolute Gasteiger partial charge is 0.341 e. The summed E-state index contributed by atoms with van der Waals surface area (Å²) in [4.78, 5) is 2.43. The molecule has 2 nitrogen and oxygen atoms in total. The minimum Gasteiger partial charge on any atom is -0.341 e. The first-order chi connectivity index (χ1) is 23.8. The van der Waals surface area contributed by atoms with Gasteiger partial charge in [-0.05, 0) is 88.5 Å². The van der Waals surface area contributed by atoms with Crippen LogP contribution in [0.1, 0.15) is 6.92 Å². The van der Waals surface area contributed by atoms with Crippen molar-refractivity contribution in [2.24, 2.45) is 0 Å². The Bertz CT molecular complexity index is 2540. The predicted octanol–water partition coefficient (Wildman–Crippen LogP) is 12.9. The maximum atomic E-state index is 2.43. The van der Waals surface area contributed by atoms with E-state index in [1.807, 2.05) is 0 Å². The molecule has 0 atom stereocenters. The molecule has 0 unspecified atom stereocenters. The molecule has 0 radical (unpaired) electrons. The van der Waals surface area contributed by atoms with Gasteiger partial charge in [0.1, 0.15) is 0 Å². The van der Waals surface area contributed by atoms with Crippen LogP contribution in [0.2, 0.25) is 0 Å². The summed E-state index contributed by atoms with van der Waals surface area (Å²) in [5.41, 5.74) is 10.8. The summed E-state index contributed by atoms with van der Waals surface area (Å²) in [6.07, 6.45) is 0. The predicted molar refractivity (Wildman–Crippen MR) is 206 cm³/mol. The van der Waals surface area contributed by atoms with Crippen molar-refractivity contribution in [1.82, 2.24) is 4.57 Å². The second-order valence-corrected chi connectivity index (χ2v) is 12.5. The van der Waals surface area contributed by atoms with Gasteiger partial charge in [0.15, 0.2) is 0 Å². The fourth-order valence-corrected chi connectivity index (χ4v) is 7.49. The average molecular weight is 615 g/mol. The summed E-state index contributed by atoms with van der Waals surface area (Å²) in [5.74, 6) is 0. The molecule has 0 fully saturated rings. The van der Waals surface area contributed by atoms with E-state index in [9.17, 15) is 0 Å². The van der Waals surface area contributed by atoms with Gasteiger partial charge < -0.3 is 9.47 Å². The third kappa shape index (κ3) is 4.65. The molecule has 48 heavy (non-hydrogen) atoms. The highest BCUT2D eigenvalue weighted by Gasteiger charge is 2.18. The van der Waals surface area contributed by atoms with Crippen molar-refractivity contribution in [3.05, 3.63) is 176 Å². The van der Waals surface area contributed by atoms with Crippen molar-refractivity contribution in [2.45, 2.75) is 13.5 Å². The minimum atomic E-state index is 0.948. The number of aromatic nitrogens is 1.